The van der Waals surface area contributed by atoms with E-state index in [0.717, 1.165) is 0 Å². The molecule has 3 rings (SSSR count). The van der Waals surface area contributed by atoms with Gasteiger partial charge in [-0.3, -0.25) is 4.79 Å². The summed E-state index contributed by atoms with van der Waals surface area (Å²) < 4.78 is 16.0. The molecule has 0 amide bonds. The highest BCUT2D eigenvalue weighted by atomic mass is 16.5. The summed E-state index contributed by atoms with van der Waals surface area (Å²) in [6, 6.07) is 8.88. The smallest absolute Gasteiger partial charge is 0.235 e. The molecule has 0 spiro atoms. The molecule has 0 fully saturated rings. The summed E-state index contributed by atoms with van der Waals surface area (Å²) in [5.41, 5.74) is 0.390. The molecule has 2 N–H and O–H groups in total. The van der Waals surface area contributed by atoms with E-state index in [9.17, 15) is 15.0 Å². The van der Waals surface area contributed by atoms with Gasteiger partial charge in [0.05, 0.1) is 19.6 Å². The van der Waals surface area contributed by atoms with Crippen molar-refractivity contribution >= 4 is 11.0 Å². The molecule has 0 saturated carbocycles. The van der Waals surface area contributed by atoms with E-state index in [1.807, 2.05) is 0 Å². The first-order valence-electron chi connectivity index (χ1n) is 6.76. The van der Waals surface area contributed by atoms with Gasteiger partial charge in [-0.25, -0.2) is 0 Å². The Balaban J connectivity index is 2.34. The molecular formula is C17H14O6. The molecule has 1 aromatic heterocycles. The van der Waals surface area contributed by atoms with Gasteiger partial charge in [0.2, 0.25) is 11.2 Å². The average molecular weight is 314 g/mol. The van der Waals surface area contributed by atoms with E-state index in [0.29, 0.717) is 5.56 Å². The van der Waals surface area contributed by atoms with Crippen molar-refractivity contribution in [3.8, 4) is 34.3 Å². The summed E-state index contributed by atoms with van der Waals surface area (Å²) >= 11 is 0. The van der Waals surface area contributed by atoms with Crippen molar-refractivity contribution in [1.82, 2.24) is 0 Å². The summed E-state index contributed by atoms with van der Waals surface area (Å²) in [4.78, 5) is 12.6. The third kappa shape index (κ3) is 2.44. The van der Waals surface area contributed by atoms with Crippen molar-refractivity contribution in [2.24, 2.45) is 0 Å². The second-order valence-electron chi connectivity index (χ2n) is 4.86. The number of hydrogen-bond donors (Lipinski definition) is 2. The fourth-order valence-electron chi connectivity index (χ4n) is 2.34. The topological polar surface area (TPSA) is 89.1 Å². The quantitative estimate of drug-likeness (QED) is 0.772. The van der Waals surface area contributed by atoms with Gasteiger partial charge in [0.25, 0.3) is 0 Å². The lowest BCUT2D eigenvalue weighted by Crippen LogP contribution is -2.07. The minimum absolute atomic E-state index is 0.0379. The summed E-state index contributed by atoms with van der Waals surface area (Å²) in [5.74, 6) is 0.387. The highest BCUT2D eigenvalue weighted by Gasteiger charge is 2.18. The van der Waals surface area contributed by atoms with Gasteiger partial charge in [-0.05, 0) is 30.3 Å². The van der Waals surface area contributed by atoms with Crippen LogP contribution in [0.4, 0.5) is 0 Å². The van der Waals surface area contributed by atoms with Gasteiger partial charge in [-0.15, -0.1) is 0 Å². The van der Waals surface area contributed by atoms with Crippen molar-refractivity contribution in [3.63, 3.8) is 0 Å². The van der Waals surface area contributed by atoms with Gasteiger partial charge in [-0.2, -0.15) is 0 Å². The maximum atomic E-state index is 12.6. The van der Waals surface area contributed by atoms with E-state index in [1.54, 1.807) is 12.1 Å². The zero-order valence-corrected chi connectivity index (χ0v) is 12.5. The maximum Gasteiger partial charge on any atom is 0.235 e. The summed E-state index contributed by atoms with van der Waals surface area (Å²) in [6.07, 6.45) is 0. The molecule has 0 atom stereocenters. The van der Waals surface area contributed by atoms with Crippen molar-refractivity contribution < 1.29 is 24.1 Å². The molecule has 1 heterocycles. The lowest BCUT2D eigenvalue weighted by atomic mass is 10.1. The Hall–Kier alpha value is -3.15. The van der Waals surface area contributed by atoms with Crippen LogP contribution in [-0.2, 0) is 0 Å². The number of ether oxygens (including phenoxy) is 2. The molecule has 6 nitrogen and oxygen atoms in total. The van der Waals surface area contributed by atoms with E-state index in [1.165, 1.54) is 38.5 Å². The van der Waals surface area contributed by atoms with Gasteiger partial charge in [-0.1, -0.05) is 0 Å². The van der Waals surface area contributed by atoms with E-state index < -0.39 is 0 Å². The Labute approximate surface area is 131 Å². The highest BCUT2D eigenvalue weighted by molar-refractivity contribution is 5.85. The second kappa shape index (κ2) is 5.57. The van der Waals surface area contributed by atoms with Crippen LogP contribution in [0.15, 0.2) is 45.6 Å². The van der Waals surface area contributed by atoms with E-state index in [2.05, 4.69) is 0 Å². The zero-order chi connectivity index (χ0) is 16.6. The summed E-state index contributed by atoms with van der Waals surface area (Å²) in [7, 11) is 2.77. The number of methoxy groups -OCH3 is 2. The predicted molar refractivity (Wildman–Crippen MR) is 84.4 cm³/mol. The zero-order valence-electron chi connectivity index (χ0n) is 12.5. The molecule has 3 aromatic rings. The number of rotatable bonds is 3. The number of benzene rings is 2. The van der Waals surface area contributed by atoms with Crippen LogP contribution < -0.4 is 14.9 Å². The minimum Gasteiger partial charge on any atom is -0.508 e. The molecule has 118 valence electrons. The Morgan fingerprint density at radius 2 is 1.70 bits per heavy atom. The summed E-state index contributed by atoms with van der Waals surface area (Å²) in [5, 5.41) is 19.5. The first-order valence-corrected chi connectivity index (χ1v) is 6.76. The van der Waals surface area contributed by atoms with Crippen molar-refractivity contribution in [1.29, 1.82) is 0 Å². The molecule has 0 aliphatic heterocycles. The Morgan fingerprint density at radius 1 is 1.00 bits per heavy atom. The number of phenolic OH excluding ortho intramolecular Hbond substituents is 2. The molecule has 0 radical (unpaired) electrons. The van der Waals surface area contributed by atoms with Crippen molar-refractivity contribution in [2.45, 2.75) is 0 Å². The van der Waals surface area contributed by atoms with Gasteiger partial charge in [0.1, 0.15) is 11.3 Å². The van der Waals surface area contributed by atoms with Crippen LogP contribution in [0.2, 0.25) is 0 Å². The van der Waals surface area contributed by atoms with Gasteiger partial charge >= 0.3 is 0 Å². The molecule has 0 saturated heterocycles. The number of phenols is 2. The van der Waals surface area contributed by atoms with Gasteiger partial charge in [0.15, 0.2) is 17.3 Å². The lowest BCUT2D eigenvalue weighted by molar-refractivity contribution is 0.373. The Morgan fingerprint density at radius 3 is 2.30 bits per heavy atom. The molecule has 0 aliphatic rings. The van der Waals surface area contributed by atoms with E-state index in [-0.39, 0.29) is 45.2 Å². The van der Waals surface area contributed by atoms with Crippen LogP contribution >= 0.6 is 0 Å². The van der Waals surface area contributed by atoms with Crippen LogP contribution in [0.25, 0.3) is 22.3 Å². The fraction of sp³-hybridized carbons (Fsp3) is 0.118. The van der Waals surface area contributed by atoms with E-state index >= 15 is 0 Å². The number of fused-ring (bicyclic) bond motifs is 1. The predicted octanol–water partition coefficient (Wildman–Crippen LogP) is 2.89. The fourth-order valence-corrected chi connectivity index (χ4v) is 2.34. The third-order valence-corrected chi connectivity index (χ3v) is 3.48. The third-order valence-electron chi connectivity index (χ3n) is 3.48. The summed E-state index contributed by atoms with van der Waals surface area (Å²) in [6.45, 7) is 0. The molecule has 0 bridgehead atoms. The SMILES string of the molecule is COc1cc2c(=O)c(OC)c(-c3ccc(O)cc3)oc2cc1O. The highest BCUT2D eigenvalue weighted by Crippen LogP contribution is 2.35. The van der Waals surface area contributed by atoms with Crippen molar-refractivity contribution in [3.05, 3.63) is 46.6 Å². The standard InChI is InChI=1S/C17H14O6/c1-21-14-7-11-13(8-12(14)19)23-16(17(22-2)15(11)20)9-3-5-10(18)6-4-9/h3-8,18-19H,1-2H3. The average Bonchev–Trinajstić information content (AvgIpc) is 2.55. The maximum absolute atomic E-state index is 12.6. The molecule has 0 unspecified atom stereocenters. The Bertz CT molecular complexity index is 924. The Kier molecular flexibility index (Phi) is 3.57. The van der Waals surface area contributed by atoms with Crippen molar-refractivity contribution in [2.75, 3.05) is 14.2 Å². The molecule has 2 aromatic carbocycles. The molecule has 6 heteroatoms. The monoisotopic (exact) mass is 314 g/mol. The van der Waals surface area contributed by atoms with Crippen LogP contribution in [0, 0.1) is 0 Å². The molecule has 0 aliphatic carbocycles. The first kappa shape index (κ1) is 14.8. The first-order chi connectivity index (χ1) is 11.0. The van der Waals surface area contributed by atoms with Crippen LogP contribution in [0.1, 0.15) is 0 Å². The second-order valence-corrected chi connectivity index (χ2v) is 4.86. The largest absolute Gasteiger partial charge is 0.508 e. The van der Waals surface area contributed by atoms with Gasteiger partial charge in [0, 0.05) is 11.6 Å². The molecular weight excluding hydrogens is 300 g/mol. The normalized spacial score (nSPS) is 10.7. The van der Waals surface area contributed by atoms with Crippen LogP contribution in [0.3, 0.4) is 0 Å². The lowest BCUT2D eigenvalue weighted by Gasteiger charge is -2.10. The number of hydrogen-bond acceptors (Lipinski definition) is 6. The number of aromatic hydroxyl groups is 2. The van der Waals surface area contributed by atoms with Crippen LogP contribution in [0.5, 0.6) is 23.0 Å². The minimum atomic E-state index is -0.380. The molecule has 23 heavy (non-hydrogen) atoms. The van der Waals surface area contributed by atoms with Gasteiger partial charge < -0.3 is 24.1 Å². The van der Waals surface area contributed by atoms with Crippen LogP contribution in [-0.4, -0.2) is 24.4 Å². The van der Waals surface area contributed by atoms with E-state index in [4.69, 9.17) is 13.9 Å².